The second-order valence-corrected chi connectivity index (χ2v) is 20.6. The maximum Gasteiger partial charge on any atom is 0.306 e. The number of unbranched alkanes of at least 4 members (excludes halogenated alkanes) is 35. The van der Waals surface area contributed by atoms with Crippen molar-refractivity contribution in [3.8, 4) is 0 Å². The molecule has 0 aromatic carbocycles. The fraction of sp³-hybridized carbons (Fsp3) is 0.800. The molecule has 0 rings (SSSR count). The second kappa shape index (κ2) is 59.7. The molecule has 412 valence electrons. The maximum absolute atomic E-state index is 12.9. The molecule has 0 aromatic heterocycles. The normalized spacial score (nSPS) is 12.4. The first-order valence-corrected chi connectivity index (χ1v) is 30.8. The van der Waals surface area contributed by atoms with Crippen LogP contribution in [0.5, 0.6) is 0 Å². The molecular weight excluding hydrogens is 877 g/mol. The van der Waals surface area contributed by atoms with Crippen molar-refractivity contribution in [1.82, 2.24) is 0 Å². The molecule has 0 saturated carbocycles. The topological polar surface area (TPSA) is 78.9 Å². The summed E-state index contributed by atoms with van der Waals surface area (Å²) in [7, 11) is 0. The minimum atomic E-state index is -0.788. The van der Waals surface area contributed by atoms with Crippen molar-refractivity contribution in [2.24, 2.45) is 0 Å². The largest absolute Gasteiger partial charge is 0.462 e. The average molecular weight is 994 g/mol. The molecule has 0 aliphatic rings. The summed E-state index contributed by atoms with van der Waals surface area (Å²) < 4.78 is 16.9. The highest BCUT2D eigenvalue weighted by Crippen LogP contribution is 2.17. The zero-order valence-corrected chi connectivity index (χ0v) is 47.2. The Morgan fingerprint density at radius 1 is 0.296 bits per heavy atom. The molecule has 0 amide bonds. The number of carbonyl (C=O) groups is 3. The highest BCUT2D eigenvalue weighted by Gasteiger charge is 2.19. The Hall–Kier alpha value is -2.89. The van der Waals surface area contributed by atoms with E-state index in [0.717, 1.165) is 89.9 Å². The van der Waals surface area contributed by atoms with Crippen molar-refractivity contribution in [3.63, 3.8) is 0 Å². The van der Waals surface area contributed by atoms with Crippen LogP contribution in [-0.4, -0.2) is 37.2 Å². The summed E-state index contributed by atoms with van der Waals surface area (Å²) in [6.07, 6.45) is 75.0. The standard InChI is InChI=1S/C65H116O6/c1-4-7-10-13-16-19-22-25-28-31-33-35-37-40-43-46-49-52-55-58-64(67)70-61-62(60-69-63(66)57-54-51-48-45-42-39-36-30-27-24-21-18-15-12-9-6-3)71-65(68)59-56-53-50-47-44-41-38-34-32-29-26-23-20-17-14-11-8-5-2/h9,12,18,21,27,30-31,33,39,42,62H,4-8,10-11,13-17,19-20,22-26,28-29,32,34-38,40-41,43-61H2,1-3H3/b12-9-,21-18-,30-27-,33-31-,42-39-. The van der Waals surface area contributed by atoms with Crippen molar-refractivity contribution < 1.29 is 28.6 Å². The molecule has 6 heteroatoms. The lowest BCUT2D eigenvalue weighted by Gasteiger charge is -2.18. The Labute approximate surface area is 440 Å². The summed E-state index contributed by atoms with van der Waals surface area (Å²) in [6.45, 7) is 6.54. The van der Waals surface area contributed by atoms with Crippen molar-refractivity contribution >= 4 is 17.9 Å². The molecule has 0 spiro atoms. The minimum absolute atomic E-state index is 0.0839. The van der Waals surface area contributed by atoms with Crippen LogP contribution < -0.4 is 0 Å². The van der Waals surface area contributed by atoms with Gasteiger partial charge < -0.3 is 14.2 Å². The fourth-order valence-electron chi connectivity index (χ4n) is 8.90. The van der Waals surface area contributed by atoms with E-state index in [2.05, 4.69) is 81.5 Å². The molecule has 0 aliphatic carbocycles. The molecule has 0 aromatic rings. The third-order valence-corrected chi connectivity index (χ3v) is 13.5. The monoisotopic (exact) mass is 993 g/mol. The summed E-state index contributed by atoms with van der Waals surface area (Å²) in [4.78, 5) is 38.3. The number of ether oxygens (including phenoxy) is 3. The lowest BCUT2D eigenvalue weighted by Crippen LogP contribution is -2.30. The third-order valence-electron chi connectivity index (χ3n) is 13.5. The Morgan fingerprint density at radius 2 is 0.549 bits per heavy atom. The van der Waals surface area contributed by atoms with E-state index in [0.29, 0.717) is 19.3 Å². The molecule has 0 aliphatic heterocycles. The molecule has 1 unspecified atom stereocenters. The molecule has 0 bridgehead atoms. The van der Waals surface area contributed by atoms with Gasteiger partial charge in [0.1, 0.15) is 13.2 Å². The van der Waals surface area contributed by atoms with Crippen molar-refractivity contribution in [1.29, 1.82) is 0 Å². The van der Waals surface area contributed by atoms with Gasteiger partial charge in [-0.3, -0.25) is 14.4 Å². The smallest absolute Gasteiger partial charge is 0.306 e. The van der Waals surface area contributed by atoms with Crippen LogP contribution in [-0.2, 0) is 28.6 Å². The second-order valence-electron chi connectivity index (χ2n) is 20.6. The van der Waals surface area contributed by atoms with Crippen LogP contribution in [0, 0.1) is 0 Å². The van der Waals surface area contributed by atoms with Gasteiger partial charge in [-0.1, -0.05) is 274 Å². The van der Waals surface area contributed by atoms with Crippen molar-refractivity contribution in [3.05, 3.63) is 60.8 Å². The van der Waals surface area contributed by atoms with E-state index in [9.17, 15) is 14.4 Å². The summed E-state index contributed by atoms with van der Waals surface area (Å²) in [5.41, 5.74) is 0. The van der Waals surface area contributed by atoms with E-state index in [1.165, 1.54) is 186 Å². The zero-order valence-electron chi connectivity index (χ0n) is 47.2. The molecule has 0 radical (unpaired) electrons. The number of hydrogen-bond acceptors (Lipinski definition) is 6. The van der Waals surface area contributed by atoms with Gasteiger partial charge in [0.25, 0.3) is 0 Å². The van der Waals surface area contributed by atoms with Crippen LogP contribution in [0.1, 0.15) is 316 Å². The lowest BCUT2D eigenvalue weighted by molar-refractivity contribution is -0.167. The van der Waals surface area contributed by atoms with Crippen LogP contribution in [0.2, 0.25) is 0 Å². The number of esters is 3. The first kappa shape index (κ1) is 68.1. The molecule has 0 N–H and O–H groups in total. The molecule has 0 fully saturated rings. The first-order valence-electron chi connectivity index (χ1n) is 30.8. The minimum Gasteiger partial charge on any atom is -0.462 e. The van der Waals surface area contributed by atoms with E-state index in [-0.39, 0.29) is 31.1 Å². The fourth-order valence-corrected chi connectivity index (χ4v) is 8.90. The third kappa shape index (κ3) is 57.9. The molecular formula is C65H116O6. The molecule has 0 saturated heterocycles. The van der Waals surface area contributed by atoms with Gasteiger partial charge in [0.05, 0.1) is 0 Å². The molecule has 0 heterocycles. The van der Waals surface area contributed by atoms with Gasteiger partial charge in [-0.2, -0.15) is 0 Å². The molecule has 71 heavy (non-hydrogen) atoms. The average Bonchev–Trinajstić information content (AvgIpc) is 3.37. The van der Waals surface area contributed by atoms with Gasteiger partial charge in [-0.25, -0.2) is 0 Å². The highest BCUT2D eigenvalue weighted by atomic mass is 16.6. The van der Waals surface area contributed by atoms with Gasteiger partial charge in [0.2, 0.25) is 0 Å². The Balaban J connectivity index is 4.39. The van der Waals surface area contributed by atoms with Crippen LogP contribution >= 0.6 is 0 Å². The maximum atomic E-state index is 12.9. The summed E-state index contributed by atoms with van der Waals surface area (Å²) >= 11 is 0. The first-order chi connectivity index (χ1) is 35.0. The van der Waals surface area contributed by atoms with Gasteiger partial charge in [0, 0.05) is 19.3 Å². The van der Waals surface area contributed by atoms with E-state index in [4.69, 9.17) is 14.2 Å². The van der Waals surface area contributed by atoms with Crippen LogP contribution in [0.4, 0.5) is 0 Å². The predicted octanol–water partition coefficient (Wildman–Crippen LogP) is 20.8. The van der Waals surface area contributed by atoms with E-state index in [1.807, 2.05) is 0 Å². The van der Waals surface area contributed by atoms with Gasteiger partial charge in [0.15, 0.2) is 6.10 Å². The van der Waals surface area contributed by atoms with Gasteiger partial charge in [-0.15, -0.1) is 0 Å². The van der Waals surface area contributed by atoms with E-state index < -0.39 is 6.10 Å². The number of rotatable bonds is 56. The Bertz CT molecular complexity index is 1280. The van der Waals surface area contributed by atoms with Gasteiger partial charge >= 0.3 is 17.9 Å². The summed E-state index contributed by atoms with van der Waals surface area (Å²) in [5.74, 6) is -0.903. The van der Waals surface area contributed by atoms with Crippen molar-refractivity contribution in [2.45, 2.75) is 322 Å². The van der Waals surface area contributed by atoms with E-state index >= 15 is 0 Å². The number of carbonyl (C=O) groups excluding carboxylic acids is 3. The van der Waals surface area contributed by atoms with Crippen LogP contribution in [0.15, 0.2) is 60.8 Å². The summed E-state index contributed by atoms with van der Waals surface area (Å²) in [5, 5.41) is 0. The Morgan fingerprint density at radius 3 is 0.887 bits per heavy atom. The molecule has 1 atom stereocenters. The van der Waals surface area contributed by atoms with Gasteiger partial charge in [-0.05, 0) is 83.5 Å². The lowest BCUT2D eigenvalue weighted by atomic mass is 10.0. The number of allylic oxidation sites excluding steroid dienone is 10. The zero-order chi connectivity index (χ0) is 51.4. The van der Waals surface area contributed by atoms with Crippen LogP contribution in [0.3, 0.4) is 0 Å². The van der Waals surface area contributed by atoms with E-state index in [1.54, 1.807) is 0 Å². The molecule has 6 nitrogen and oxygen atoms in total. The van der Waals surface area contributed by atoms with Crippen LogP contribution in [0.25, 0.3) is 0 Å². The Kier molecular flexibility index (Phi) is 57.2. The highest BCUT2D eigenvalue weighted by molar-refractivity contribution is 5.71. The quantitative estimate of drug-likeness (QED) is 0.0261. The predicted molar refractivity (Wildman–Crippen MR) is 307 cm³/mol. The SMILES string of the molecule is CC/C=C\C/C=C\C/C=C\C/C=C\CCCCCC(=O)OCC(COC(=O)CCCCCCCCC/C=C\CCCCCCCCCC)OC(=O)CCCCCCCCCCCCCCCCCCCC. The van der Waals surface area contributed by atoms with Crippen molar-refractivity contribution in [2.75, 3.05) is 13.2 Å². The number of hydrogen-bond donors (Lipinski definition) is 0. The summed E-state index contributed by atoms with van der Waals surface area (Å²) in [6, 6.07) is 0.